The van der Waals surface area contributed by atoms with E-state index in [0.29, 0.717) is 33.8 Å². The smallest absolute Gasteiger partial charge is 0.141 e. The molecule has 0 saturated heterocycles. The zero-order valence-corrected chi connectivity index (χ0v) is 14.6. The Morgan fingerprint density at radius 1 is 0.704 bits per heavy atom. The molecular formula is C20H22O7. The van der Waals surface area contributed by atoms with Crippen LogP contribution in [-0.2, 0) is 9.78 Å². The monoisotopic (exact) mass is 374 g/mol. The lowest BCUT2D eigenvalue weighted by Crippen LogP contribution is -2.17. The van der Waals surface area contributed by atoms with Crippen molar-refractivity contribution in [3.8, 4) is 11.5 Å². The first kappa shape index (κ1) is 20.8. The lowest BCUT2D eigenvalue weighted by atomic mass is 10.0. The van der Waals surface area contributed by atoms with Gasteiger partial charge in [-0.1, -0.05) is 37.4 Å². The third kappa shape index (κ3) is 5.24. The zero-order valence-electron chi connectivity index (χ0n) is 14.6. The number of ether oxygens (including phenoxy) is 1. The van der Waals surface area contributed by atoms with Gasteiger partial charge in [-0.25, -0.2) is 9.78 Å². The van der Waals surface area contributed by atoms with E-state index in [1.807, 2.05) is 0 Å². The van der Waals surface area contributed by atoms with Crippen molar-refractivity contribution in [3.05, 3.63) is 72.8 Å². The SMILES string of the molecule is C=C(c1ccc(Oc2ccc(C(=C)C(CO)OO)cc2)cc1)C(CO)OO. The van der Waals surface area contributed by atoms with Crippen LogP contribution in [0.5, 0.6) is 11.5 Å². The molecule has 0 amide bonds. The molecule has 0 spiro atoms. The molecule has 2 aromatic carbocycles. The van der Waals surface area contributed by atoms with Crippen LogP contribution in [0.25, 0.3) is 11.1 Å². The fourth-order valence-electron chi connectivity index (χ4n) is 2.40. The summed E-state index contributed by atoms with van der Waals surface area (Å²) in [6.45, 7) is 6.82. The molecule has 2 aromatic rings. The fraction of sp³-hybridized carbons (Fsp3) is 0.200. The quantitative estimate of drug-likeness (QED) is 0.373. The van der Waals surface area contributed by atoms with Crippen LogP contribution < -0.4 is 4.74 Å². The highest BCUT2D eigenvalue weighted by Gasteiger charge is 2.15. The Hall–Kier alpha value is -2.52. The van der Waals surface area contributed by atoms with Crippen LogP contribution in [-0.4, -0.2) is 46.1 Å². The summed E-state index contributed by atoms with van der Waals surface area (Å²) in [5.41, 5.74) is 2.28. The van der Waals surface area contributed by atoms with E-state index in [-0.39, 0.29) is 13.2 Å². The standard InChI is InChI=1S/C20H22O7/c1-13(19(11-21)26-23)15-3-7-17(8-4-15)25-18-9-5-16(6-10-18)14(2)20(12-22)27-24/h3-10,19-24H,1-2,11-12H2. The summed E-state index contributed by atoms with van der Waals surface area (Å²) in [6.07, 6.45) is -1.77. The van der Waals surface area contributed by atoms with Crippen molar-refractivity contribution >= 4 is 11.1 Å². The van der Waals surface area contributed by atoms with Crippen molar-refractivity contribution in [2.24, 2.45) is 0 Å². The molecule has 27 heavy (non-hydrogen) atoms. The lowest BCUT2D eigenvalue weighted by molar-refractivity contribution is -0.268. The molecule has 0 saturated carbocycles. The first-order valence-corrected chi connectivity index (χ1v) is 8.12. The molecule has 0 aliphatic heterocycles. The number of benzene rings is 2. The Kier molecular flexibility index (Phi) is 7.68. The van der Waals surface area contributed by atoms with Crippen molar-refractivity contribution in [1.82, 2.24) is 0 Å². The van der Waals surface area contributed by atoms with Crippen LogP contribution in [0.3, 0.4) is 0 Å². The molecule has 0 fully saturated rings. The Balaban J connectivity index is 2.05. The van der Waals surface area contributed by atoms with Gasteiger partial charge in [-0.05, 0) is 46.5 Å². The van der Waals surface area contributed by atoms with Crippen LogP contribution in [0.4, 0.5) is 0 Å². The summed E-state index contributed by atoms with van der Waals surface area (Å²) in [6, 6.07) is 13.8. The maximum absolute atomic E-state index is 9.12. The summed E-state index contributed by atoms with van der Waals surface area (Å²) in [5, 5.41) is 35.7. The van der Waals surface area contributed by atoms with Crippen molar-refractivity contribution in [2.75, 3.05) is 13.2 Å². The van der Waals surface area contributed by atoms with Gasteiger partial charge in [-0.15, -0.1) is 0 Å². The van der Waals surface area contributed by atoms with E-state index in [1.54, 1.807) is 48.5 Å². The summed E-state index contributed by atoms with van der Waals surface area (Å²) >= 11 is 0. The molecule has 0 aliphatic rings. The molecule has 7 heteroatoms. The third-order valence-electron chi connectivity index (χ3n) is 4.05. The Morgan fingerprint density at radius 2 is 1.04 bits per heavy atom. The average Bonchev–Trinajstić information content (AvgIpc) is 2.71. The first-order chi connectivity index (χ1) is 13.0. The van der Waals surface area contributed by atoms with Gasteiger partial charge in [0.1, 0.15) is 23.7 Å². The lowest BCUT2D eigenvalue weighted by Gasteiger charge is -2.15. The highest BCUT2D eigenvalue weighted by atomic mass is 17.1. The molecule has 144 valence electrons. The minimum atomic E-state index is -0.886. The Morgan fingerprint density at radius 3 is 1.30 bits per heavy atom. The van der Waals surface area contributed by atoms with Crippen LogP contribution >= 0.6 is 0 Å². The van der Waals surface area contributed by atoms with E-state index in [0.717, 1.165) is 0 Å². The van der Waals surface area contributed by atoms with E-state index in [4.69, 9.17) is 25.5 Å². The molecule has 2 atom stereocenters. The molecule has 0 heterocycles. The molecule has 4 N–H and O–H groups in total. The van der Waals surface area contributed by atoms with Gasteiger partial charge in [-0.2, -0.15) is 0 Å². The minimum absolute atomic E-state index is 0.385. The molecule has 0 aliphatic carbocycles. The highest BCUT2D eigenvalue weighted by Crippen LogP contribution is 2.27. The first-order valence-electron chi connectivity index (χ1n) is 8.12. The van der Waals surface area contributed by atoms with Gasteiger partial charge < -0.3 is 14.9 Å². The second kappa shape index (κ2) is 9.98. The van der Waals surface area contributed by atoms with Crippen LogP contribution in [0.1, 0.15) is 11.1 Å². The van der Waals surface area contributed by atoms with Gasteiger partial charge in [0.2, 0.25) is 0 Å². The van der Waals surface area contributed by atoms with Crippen molar-refractivity contribution in [1.29, 1.82) is 0 Å². The predicted octanol–water partition coefficient (Wildman–Crippen LogP) is 3.21. The number of rotatable bonds is 10. The summed E-state index contributed by atoms with van der Waals surface area (Å²) < 4.78 is 5.75. The fourth-order valence-corrected chi connectivity index (χ4v) is 2.40. The third-order valence-corrected chi connectivity index (χ3v) is 4.05. The minimum Gasteiger partial charge on any atom is -0.457 e. The molecule has 2 rings (SSSR count). The molecule has 0 aromatic heterocycles. The molecule has 0 bridgehead atoms. The van der Waals surface area contributed by atoms with Crippen LogP contribution in [0, 0.1) is 0 Å². The summed E-state index contributed by atoms with van der Waals surface area (Å²) in [4.78, 5) is 8.35. The van der Waals surface area contributed by atoms with Crippen molar-refractivity contribution < 1.29 is 35.2 Å². The van der Waals surface area contributed by atoms with Crippen molar-refractivity contribution in [2.45, 2.75) is 12.2 Å². The van der Waals surface area contributed by atoms with E-state index < -0.39 is 12.2 Å². The largest absolute Gasteiger partial charge is 0.457 e. The Bertz CT molecular complexity index is 679. The Labute approximate surface area is 156 Å². The van der Waals surface area contributed by atoms with E-state index in [2.05, 4.69) is 22.9 Å². The second-order valence-electron chi connectivity index (χ2n) is 5.75. The molecule has 2 unspecified atom stereocenters. The average molecular weight is 374 g/mol. The highest BCUT2D eigenvalue weighted by molar-refractivity contribution is 5.68. The maximum atomic E-state index is 9.12. The van der Waals surface area contributed by atoms with Gasteiger partial charge in [-0.3, -0.25) is 10.5 Å². The number of aliphatic hydroxyl groups is 2. The van der Waals surface area contributed by atoms with Crippen LogP contribution in [0.15, 0.2) is 61.7 Å². The van der Waals surface area contributed by atoms with Gasteiger partial charge in [0.25, 0.3) is 0 Å². The zero-order chi connectivity index (χ0) is 19.8. The van der Waals surface area contributed by atoms with Gasteiger partial charge in [0, 0.05) is 0 Å². The molecule has 7 nitrogen and oxygen atoms in total. The number of hydrogen-bond donors (Lipinski definition) is 4. The predicted molar refractivity (Wildman–Crippen MR) is 100 cm³/mol. The topological polar surface area (TPSA) is 109 Å². The van der Waals surface area contributed by atoms with Gasteiger partial charge in [0.15, 0.2) is 0 Å². The summed E-state index contributed by atoms with van der Waals surface area (Å²) in [7, 11) is 0. The van der Waals surface area contributed by atoms with E-state index >= 15 is 0 Å². The second-order valence-corrected chi connectivity index (χ2v) is 5.75. The van der Waals surface area contributed by atoms with E-state index in [9.17, 15) is 0 Å². The molecule has 0 radical (unpaired) electrons. The van der Waals surface area contributed by atoms with Gasteiger partial charge in [0.05, 0.1) is 13.2 Å². The van der Waals surface area contributed by atoms with E-state index in [1.165, 1.54) is 0 Å². The summed E-state index contributed by atoms with van der Waals surface area (Å²) in [5.74, 6) is 1.16. The number of aliphatic hydroxyl groups excluding tert-OH is 2. The number of hydrogen-bond acceptors (Lipinski definition) is 7. The molecular weight excluding hydrogens is 352 g/mol. The maximum Gasteiger partial charge on any atom is 0.141 e. The normalized spacial score (nSPS) is 13.0. The van der Waals surface area contributed by atoms with Crippen molar-refractivity contribution in [3.63, 3.8) is 0 Å². The van der Waals surface area contributed by atoms with Crippen LogP contribution in [0.2, 0.25) is 0 Å². The van der Waals surface area contributed by atoms with Gasteiger partial charge >= 0.3 is 0 Å².